The van der Waals surface area contributed by atoms with Crippen molar-refractivity contribution in [2.75, 3.05) is 62.6 Å². The van der Waals surface area contributed by atoms with Gasteiger partial charge in [-0.15, -0.1) is 0 Å². The second-order valence-corrected chi connectivity index (χ2v) is 16.9. The highest BCUT2D eigenvalue weighted by molar-refractivity contribution is 7.91. The molecule has 2 aromatic rings. The lowest BCUT2D eigenvalue weighted by molar-refractivity contribution is -0.152. The van der Waals surface area contributed by atoms with E-state index in [-0.39, 0.29) is 29.8 Å². The van der Waals surface area contributed by atoms with Gasteiger partial charge in [0.05, 0.1) is 31.5 Å². The van der Waals surface area contributed by atoms with Crippen LogP contribution in [0.1, 0.15) is 52.7 Å². The first-order valence-corrected chi connectivity index (χ1v) is 20.2. The highest BCUT2D eigenvalue weighted by Gasteiger charge is 2.43. The maximum absolute atomic E-state index is 17.4. The lowest BCUT2D eigenvalue weighted by Crippen LogP contribution is -2.51. The van der Waals surface area contributed by atoms with Crippen molar-refractivity contribution in [3.63, 3.8) is 0 Å². The zero-order chi connectivity index (χ0) is 45.7. The van der Waals surface area contributed by atoms with E-state index in [2.05, 4.69) is 6.58 Å². The Morgan fingerprint density at radius 1 is 1.05 bits per heavy atom. The van der Waals surface area contributed by atoms with Crippen LogP contribution in [0.5, 0.6) is 5.75 Å². The molecule has 2 N–H and O–H groups in total. The highest BCUT2D eigenvalue weighted by Crippen LogP contribution is 2.45. The van der Waals surface area contributed by atoms with Crippen molar-refractivity contribution in [3.05, 3.63) is 66.0 Å². The summed E-state index contributed by atoms with van der Waals surface area (Å²) < 4.78 is 112. The number of carboxylic acid groups (broad SMARTS) is 1. The molecule has 1 aliphatic heterocycles. The molecule has 0 spiro atoms. The van der Waals surface area contributed by atoms with Gasteiger partial charge in [-0.25, -0.2) is 36.6 Å². The van der Waals surface area contributed by atoms with Gasteiger partial charge in [0.15, 0.2) is 5.82 Å². The number of fused-ring (bicyclic) bond motifs is 1. The molecule has 0 bridgehead atoms. The zero-order valence-electron chi connectivity index (χ0n) is 35.0. The number of hydrogen-bond acceptors (Lipinski definition) is 13. The summed E-state index contributed by atoms with van der Waals surface area (Å²) in [5.41, 5.74) is -3.54. The second kappa shape index (κ2) is 22.0. The average Bonchev–Trinajstić information content (AvgIpc) is 3.51. The van der Waals surface area contributed by atoms with Crippen LogP contribution in [0.3, 0.4) is 0 Å². The summed E-state index contributed by atoms with van der Waals surface area (Å²) in [5, 5.41) is 10.5. The van der Waals surface area contributed by atoms with E-state index in [1.807, 2.05) is 0 Å². The summed E-state index contributed by atoms with van der Waals surface area (Å²) in [7, 11) is -3.87. The van der Waals surface area contributed by atoms with Crippen molar-refractivity contribution in [2.45, 2.75) is 84.3 Å². The van der Waals surface area contributed by atoms with Crippen molar-refractivity contribution in [3.8, 4) is 5.75 Å². The lowest BCUT2D eigenvalue weighted by atomic mass is 10.1. The van der Waals surface area contributed by atoms with Crippen molar-refractivity contribution < 1.29 is 79.0 Å². The van der Waals surface area contributed by atoms with E-state index in [0.717, 1.165) is 17.0 Å². The number of benzene rings is 2. The Kier molecular flexibility index (Phi) is 18.0. The quantitative estimate of drug-likeness (QED) is 0.0512. The minimum Gasteiger partial charge on any atom is -0.487 e. The number of nitrogens with zero attached hydrogens (tertiary/aromatic N) is 3. The fourth-order valence-corrected chi connectivity index (χ4v) is 6.79. The monoisotopic (exact) mass is 890 g/mol. The van der Waals surface area contributed by atoms with Gasteiger partial charge in [0, 0.05) is 31.7 Å². The summed E-state index contributed by atoms with van der Waals surface area (Å²) in [6, 6.07) is 7.88. The van der Waals surface area contributed by atoms with E-state index >= 15 is 4.39 Å². The van der Waals surface area contributed by atoms with Gasteiger partial charge in [-0.1, -0.05) is 43.0 Å². The van der Waals surface area contributed by atoms with Crippen molar-refractivity contribution >= 4 is 45.8 Å². The molecule has 3 amide bonds. The van der Waals surface area contributed by atoms with Crippen LogP contribution in [0.4, 0.5) is 38.9 Å². The van der Waals surface area contributed by atoms with Crippen molar-refractivity contribution in [1.82, 2.24) is 9.62 Å². The van der Waals surface area contributed by atoms with Crippen LogP contribution in [-0.2, 0) is 56.5 Å². The van der Waals surface area contributed by atoms with Crippen LogP contribution in [0.2, 0.25) is 0 Å². The van der Waals surface area contributed by atoms with Gasteiger partial charge in [-0.2, -0.15) is 8.42 Å². The Morgan fingerprint density at radius 2 is 1.70 bits per heavy atom. The number of carbonyl (C=O) groups excluding carboxylic acids is 3. The molecule has 1 aliphatic rings. The largest absolute Gasteiger partial charge is 0.487 e. The summed E-state index contributed by atoms with van der Waals surface area (Å²) in [4.78, 5) is 53.8. The Balaban J connectivity index is 2.22. The number of halogens is 3. The van der Waals surface area contributed by atoms with E-state index in [1.165, 1.54) is 48.7 Å². The lowest BCUT2D eigenvalue weighted by Gasteiger charge is -2.33. The van der Waals surface area contributed by atoms with E-state index in [9.17, 15) is 41.5 Å². The van der Waals surface area contributed by atoms with Gasteiger partial charge in [0.2, 0.25) is 0 Å². The predicted octanol–water partition coefficient (Wildman–Crippen LogP) is 5.63. The first kappa shape index (κ1) is 50.0. The topological polar surface area (TPSA) is 209 Å². The number of carbonyl (C=O) groups is 4. The number of hydrogen-bond donors (Lipinski definition) is 2. The van der Waals surface area contributed by atoms with Crippen LogP contribution in [-0.4, -0.2) is 126 Å². The maximum Gasteiger partial charge on any atom is 0.422 e. The summed E-state index contributed by atoms with van der Waals surface area (Å²) in [5.74, 6) is -3.21. The van der Waals surface area contributed by atoms with E-state index in [4.69, 9.17) is 33.2 Å². The van der Waals surface area contributed by atoms with Gasteiger partial charge < -0.3 is 43.2 Å². The zero-order valence-corrected chi connectivity index (χ0v) is 35.8. The molecular formula is C39H53F3N4O14S. The van der Waals surface area contributed by atoms with E-state index in [0.29, 0.717) is 10.5 Å². The third kappa shape index (κ3) is 15.3. The second-order valence-electron chi connectivity index (χ2n) is 15.4. The van der Waals surface area contributed by atoms with Gasteiger partial charge in [0.25, 0.3) is 6.43 Å². The molecule has 0 aromatic heterocycles. The van der Waals surface area contributed by atoms with Crippen LogP contribution < -0.4 is 18.7 Å². The fraction of sp³-hybridized carbons (Fsp3) is 0.538. The summed E-state index contributed by atoms with van der Waals surface area (Å²) in [6.07, 6.45) is -8.89. The molecule has 0 saturated carbocycles. The minimum atomic E-state index is -5.27. The number of rotatable bonds is 21. The molecule has 0 fully saturated rings. The molecule has 1 unspecified atom stereocenters. The molecule has 0 radical (unpaired) electrons. The highest BCUT2D eigenvalue weighted by atomic mass is 32.2. The number of methoxy groups -OCH3 is 1. The summed E-state index contributed by atoms with van der Waals surface area (Å²) in [6.45, 7) is 8.44. The Morgan fingerprint density at radius 3 is 2.28 bits per heavy atom. The number of amides is 3. The van der Waals surface area contributed by atoms with Crippen molar-refractivity contribution in [1.29, 1.82) is 0 Å². The first-order chi connectivity index (χ1) is 28.5. The number of anilines is 2. The Labute approximate surface area is 352 Å². The maximum atomic E-state index is 17.4. The molecule has 340 valence electrons. The summed E-state index contributed by atoms with van der Waals surface area (Å²) >= 11 is 0. The molecule has 61 heavy (non-hydrogen) atoms. The van der Waals surface area contributed by atoms with Gasteiger partial charge >= 0.3 is 34.5 Å². The van der Waals surface area contributed by atoms with Crippen LogP contribution in [0.15, 0.2) is 49.1 Å². The molecule has 1 heterocycles. The van der Waals surface area contributed by atoms with Crippen LogP contribution in [0, 0.1) is 5.82 Å². The standard InChI is InChI=1S/C39H53F3N4O14S/c1-9-15-56-35(48)43-61(52,53)45(22-31(47)59-38(2,3)4)33-29(57-23-25-13-11-10-12-14-25)19-28-27(32(33)40)18-26(46(28)36(49)50)20-44(37(51)60-39(5,6)7)21-30(34(41)42)58-24-55-17-16-54-8/h9-14,19,26,30,34H,1,15-18,20-24H2,2-8H3,(H,43,48)(H,49,50)/t26-,30?/m1/s1. The molecule has 2 atom stereocenters. The molecule has 0 saturated heterocycles. The molecule has 2 aromatic carbocycles. The Bertz CT molecular complexity index is 1950. The number of nitrogens with one attached hydrogen (secondary N) is 1. The van der Waals surface area contributed by atoms with Crippen LogP contribution >= 0.6 is 0 Å². The molecule has 3 rings (SSSR count). The minimum absolute atomic E-state index is 0.00666. The van der Waals surface area contributed by atoms with E-state index < -0.39 is 127 Å². The van der Waals surface area contributed by atoms with Gasteiger partial charge in [-0.3, -0.25) is 9.69 Å². The number of ether oxygens (including phenoxy) is 7. The number of alkyl halides is 2. The SMILES string of the molecule is C=CCOC(=O)NS(=O)(=O)N(CC(=O)OC(C)(C)C)c1c(OCc2ccccc2)cc2c(c1F)C[C@H](CN(CC(OCOCCOC)C(F)F)C(=O)OC(C)(C)C)N2C(=O)O. The molecule has 22 heteroatoms. The Hall–Kier alpha value is -5.32. The van der Waals surface area contributed by atoms with Crippen LogP contribution in [0.25, 0.3) is 0 Å². The fourth-order valence-electron chi connectivity index (χ4n) is 5.72. The third-order valence-electron chi connectivity index (χ3n) is 8.13. The number of esters is 1. The molecule has 18 nitrogen and oxygen atoms in total. The predicted molar refractivity (Wildman–Crippen MR) is 213 cm³/mol. The smallest absolute Gasteiger partial charge is 0.422 e. The molecular weight excluding hydrogens is 838 g/mol. The molecule has 0 aliphatic carbocycles. The van der Waals surface area contributed by atoms with Gasteiger partial charge in [0.1, 0.15) is 55.3 Å². The third-order valence-corrected chi connectivity index (χ3v) is 9.45. The van der Waals surface area contributed by atoms with E-state index in [1.54, 1.807) is 35.1 Å². The van der Waals surface area contributed by atoms with Crippen molar-refractivity contribution in [2.24, 2.45) is 0 Å². The van der Waals surface area contributed by atoms with Gasteiger partial charge in [-0.05, 0) is 47.1 Å². The first-order valence-electron chi connectivity index (χ1n) is 18.8. The normalized spacial score (nSPS) is 14.5. The average molecular weight is 891 g/mol.